The number of aromatic hydroxyl groups is 1. The SMILES string of the molecule is NCc1cn2c(ccc3cc(O)ccc32)n1. The average molecular weight is 213 g/mol. The molecule has 16 heavy (non-hydrogen) atoms. The van der Waals surface area contributed by atoms with Crippen LogP contribution >= 0.6 is 0 Å². The molecule has 0 bridgehead atoms. The second kappa shape index (κ2) is 3.21. The van der Waals surface area contributed by atoms with Crippen molar-refractivity contribution in [2.45, 2.75) is 6.54 Å². The first-order valence-electron chi connectivity index (χ1n) is 5.08. The van der Waals surface area contributed by atoms with Crippen LogP contribution in [0.3, 0.4) is 0 Å². The molecule has 3 N–H and O–H groups in total. The Morgan fingerprint density at radius 3 is 2.94 bits per heavy atom. The number of hydrogen-bond acceptors (Lipinski definition) is 3. The maximum Gasteiger partial charge on any atom is 0.137 e. The third kappa shape index (κ3) is 1.24. The summed E-state index contributed by atoms with van der Waals surface area (Å²) >= 11 is 0. The number of imidazole rings is 1. The minimum absolute atomic E-state index is 0.269. The molecule has 4 nitrogen and oxygen atoms in total. The van der Waals surface area contributed by atoms with Crippen LogP contribution in [0.15, 0.2) is 36.5 Å². The van der Waals surface area contributed by atoms with Gasteiger partial charge in [-0.25, -0.2) is 4.98 Å². The first-order chi connectivity index (χ1) is 7.78. The fourth-order valence-corrected chi connectivity index (χ4v) is 1.91. The van der Waals surface area contributed by atoms with E-state index in [0.29, 0.717) is 6.54 Å². The van der Waals surface area contributed by atoms with Crippen LogP contribution in [-0.4, -0.2) is 14.5 Å². The number of benzene rings is 1. The molecule has 3 rings (SSSR count). The van der Waals surface area contributed by atoms with Crippen LogP contribution in [0.25, 0.3) is 16.6 Å². The summed E-state index contributed by atoms with van der Waals surface area (Å²) < 4.78 is 1.98. The highest BCUT2D eigenvalue weighted by Crippen LogP contribution is 2.21. The third-order valence-electron chi connectivity index (χ3n) is 2.67. The first-order valence-corrected chi connectivity index (χ1v) is 5.08. The van der Waals surface area contributed by atoms with E-state index in [0.717, 1.165) is 22.2 Å². The normalized spacial score (nSPS) is 11.3. The molecule has 0 unspecified atom stereocenters. The minimum Gasteiger partial charge on any atom is -0.508 e. The Morgan fingerprint density at radius 1 is 1.25 bits per heavy atom. The van der Waals surface area contributed by atoms with Crippen LogP contribution in [0.1, 0.15) is 5.69 Å². The van der Waals surface area contributed by atoms with Gasteiger partial charge >= 0.3 is 0 Å². The molecule has 2 aromatic heterocycles. The van der Waals surface area contributed by atoms with E-state index in [2.05, 4.69) is 4.98 Å². The van der Waals surface area contributed by atoms with E-state index in [1.165, 1.54) is 0 Å². The third-order valence-corrected chi connectivity index (χ3v) is 2.67. The lowest BCUT2D eigenvalue weighted by Crippen LogP contribution is -1.95. The standard InChI is InChI=1S/C12H11N3O/c13-6-9-7-15-11-3-2-10(16)5-8(11)1-4-12(15)14-9/h1-5,7,16H,6,13H2. The minimum atomic E-state index is 0.269. The molecule has 0 atom stereocenters. The molecule has 0 saturated heterocycles. The predicted molar refractivity (Wildman–Crippen MR) is 62.3 cm³/mol. The van der Waals surface area contributed by atoms with E-state index in [-0.39, 0.29) is 5.75 Å². The molecular weight excluding hydrogens is 202 g/mol. The fraction of sp³-hybridized carbons (Fsp3) is 0.0833. The van der Waals surface area contributed by atoms with Crippen molar-refractivity contribution in [1.29, 1.82) is 0 Å². The van der Waals surface area contributed by atoms with Gasteiger partial charge in [0.15, 0.2) is 0 Å². The van der Waals surface area contributed by atoms with Gasteiger partial charge in [-0.1, -0.05) is 0 Å². The Morgan fingerprint density at radius 2 is 2.12 bits per heavy atom. The van der Waals surface area contributed by atoms with Crippen molar-refractivity contribution in [2.75, 3.05) is 0 Å². The molecule has 0 fully saturated rings. The topological polar surface area (TPSA) is 63.5 Å². The van der Waals surface area contributed by atoms with Crippen LogP contribution in [0.2, 0.25) is 0 Å². The number of pyridine rings is 1. The molecule has 0 aliphatic heterocycles. The van der Waals surface area contributed by atoms with Gasteiger partial charge in [-0.15, -0.1) is 0 Å². The van der Waals surface area contributed by atoms with Crippen molar-refractivity contribution in [3.63, 3.8) is 0 Å². The average Bonchev–Trinajstić information content (AvgIpc) is 2.71. The molecule has 0 aliphatic carbocycles. The largest absolute Gasteiger partial charge is 0.508 e. The lowest BCUT2D eigenvalue weighted by Gasteiger charge is -2.01. The maximum atomic E-state index is 9.41. The van der Waals surface area contributed by atoms with Crippen LogP contribution in [0.4, 0.5) is 0 Å². The predicted octanol–water partition coefficient (Wildman–Crippen LogP) is 1.65. The lowest BCUT2D eigenvalue weighted by molar-refractivity contribution is 0.476. The highest BCUT2D eigenvalue weighted by atomic mass is 16.3. The molecule has 2 heterocycles. The van der Waals surface area contributed by atoms with Crippen LogP contribution in [0, 0.1) is 0 Å². The van der Waals surface area contributed by atoms with Gasteiger partial charge in [-0.05, 0) is 30.3 Å². The first kappa shape index (κ1) is 9.18. The van der Waals surface area contributed by atoms with E-state index in [1.54, 1.807) is 12.1 Å². The summed E-state index contributed by atoms with van der Waals surface area (Å²) in [6, 6.07) is 9.14. The zero-order chi connectivity index (χ0) is 11.1. The number of hydrogen-bond donors (Lipinski definition) is 2. The van der Waals surface area contributed by atoms with Crippen molar-refractivity contribution in [1.82, 2.24) is 9.38 Å². The second-order valence-electron chi connectivity index (χ2n) is 3.74. The molecule has 0 amide bonds. The number of aromatic nitrogens is 2. The van der Waals surface area contributed by atoms with E-state index in [9.17, 15) is 5.11 Å². The van der Waals surface area contributed by atoms with Gasteiger partial charge in [0.1, 0.15) is 11.4 Å². The van der Waals surface area contributed by atoms with Crippen LogP contribution in [-0.2, 0) is 6.54 Å². The summed E-state index contributed by atoms with van der Waals surface area (Å²) in [6.07, 6.45) is 1.93. The zero-order valence-electron chi connectivity index (χ0n) is 8.59. The fourth-order valence-electron chi connectivity index (χ4n) is 1.91. The van der Waals surface area contributed by atoms with Gasteiger partial charge < -0.3 is 10.8 Å². The summed E-state index contributed by atoms with van der Waals surface area (Å²) in [5.74, 6) is 0.269. The molecule has 0 spiro atoms. The molecule has 0 saturated carbocycles. The summed E-state index contributed by atoms with van der Waals surface area (Å²) in [6.45, 7) is 0.432. The smallest absolute Gasteiger partial charge is 0.137 e. The van der Waals surface area contributed by atoms with E-state index >= 15 is 0 Å². The molecule has 0 radical (unpaired) electrons. The highest BCUT2D eigenvalue weighted by Gasteiger charge is 2.04. The van der Waals surface area contributed by atoms with Crippen molar-refractivity contribution in [3.8, 4) is 5.75 Å². The molecule has 80 valence electrons. The summed E-state index contributed by atoms with van der Waals surface area (Å²) in [5.41, 5.74) is 8.32. The van der Waals surface area contributed by atoms with Gasteiger partial charge in [0, 0.05) is 18.1 Å². The Labute approximate surface area is 91.9 Å². The summed E-state index contributed by atoms with van der Waals surface area (Å²) in [7, 11) is 0. The highest BCUT2D eigenvalue weighted by molar-refractivity contribution is 5.83. The van der Waals surface area contributed by atoms with E-state index < -0.39 is 0 Å². The van der Waals surface area contributed by atoms with Gasteiger partial charge in [0.05, 0.1) is 11.2 Å². The summed E-state index contributed by atoms with van der Waals surface area (Å²) in [5, 5.41) is 10.4. The summed E-state index contributed by atoms with van der Waals surface area (Å²) in [4.78, 5) is 4.38. The number of fused-ring (bicyclic) bond motifs is 3. The maximum absolute atomic E-state index is 9.41. The Kier molecular flexibility index (Phi) is 1.84. The molecule has 4 heteroatoms. The van der Waals surface area contributed by atoms with Crippen molar-refractivity contribution in [3.05, 3.63) is 42.2 Å². The Bertz CT molecular complexity index is 672. The number of phenolic OH excluding ortho intramolecular Hbond substituents is 1. The number of nitrogens with zero attached hydrogens (tertiary/aromatic N) is 2. The second-order valence-corrected chi connectivity index (χ2v) is 3.74. The lowest BCUT2D eigenvalue weighted by atomic mass is 10.2. The van der Waals surface area contributed by atoms with E-state index in [4.69, 9.17) is 5.73 Å². The zero-order valence-corrected chi connectivity index (χ0v) is 8.59. The van der Waals surface area contributed by atoms with Gasteiger partial charge in [0.2, 0.25) is 0 Å². The van der Waals surface area contributed by atoms with Crippen molar-refractivity contribution in [2.24, 2.45) is 5.73 Å². The molecule has 0 aliphatic rings. The molecular formula is C12H11N3O. The molecule has 1 aromatic carbocycles. The monoisotopic (exact) mass is 213 g/mol. The van der Waals surface area contributed by atoms with Gasteiger partial charge in [-0.2, -0.15) is 0 Å². The van der Waals surface area contributed by atoms with E-state index in [1.807, 2.05) is 28.8 Å². The van der Waals surface area contributed by atoms with Crippen LogP contribution < -0.4 is 5.73 Å². The van der Waals surface area contributed by atoms with Crippen molar-refractivity contribution < 1.29 is 5.11 Å². The Hall–Kier alpha value is -2.07. The van der Waals surface area contributed by atoms with Crippen LogP contribution in [0.5, 0.6) is 5.75 Å². The number of phenols is 1. The van der Waals surface area contributed by atoms with Gasteiger partial charge in [0.25, 0.3) is 0 Å². The van der Waals surface area contributed by atoms with Crippen molar-refractivity contribution >= 4 is 16.6 Å². The Balaban J connectivity index is 2.43. The quantitative estimate of drug-likeness (QED) is 0.646. The molecule has 3 aromatic rings. The number of nitrogens with two attached hydrogens (primary N) is 1. The number of rotatable bonds is 1. The van der Waals surface area contributed by atoms with Gasteiger partial charge in [-0.3, -0.25) is 4.40 Å².